The van der Waals surface area contributed by atoms with Crippen LogP contribution < -0.4 is 0 Å². The third-order valence-corrected chi connectivity index (χ3v) is 4.32. The number of carboxylic acids is 1. The van der Waals surface area contributed by atoms with E-state index in [0.717, 1.165) is 6.42 Å². The van der Waals surface area contributed by atoms with Gasteiger partial charge in [-0.25, -0.2) is 0 Å². The summed E-state index contributed by atoms with van der Waals surface area (Å²) in [6.07, 6.45) is 4.79. The second-order valence-corrected chi connectivity index (χ2v) is 6.23. The molecule has 0 saturated heterocycles. The van der Waals surface area contributed by atoms with E-state index in [1.165, 1.54) is 19.3 Å². The van der Waals surface area contributed by atoms with Gasteiger partial charge in [0.2, 0.25) is 0 Å². The summed E-state index contributed by atoms with van der Waals surface area (Å²) in [4.78, 5) is 13.3. The van der Waals surface area contributed by atoms with Crippen LogP contribution in [0.3, 0.4) is 0 Å². The van der Waals surface area contributed by atoms with Crippen LogP contribution in [-0.2, 0) is 4.79 Å². The first kappa shape index (κ1) is 13.5. The summed E-state index contributed by atoms with van der Waals surface area (Å²) in [5, 5.41) is 9.27. The van der Waals surface area contributed by atoms with Gasteiger partial charge in [0.25, 0.3) is 0 Å². The van der Waals surface area contributed by atoms with Crippen LogP contribution in [0.5, 0.6) is 0 Å². The zero-order valence-electron chi connectivity index (χ0n) is 11.2. The summed E-state index contributed by atoms with van der Waals surface area (Å²) in [7, 11) is 1.95. The van der Waals surface area contributed by atoms with Gasteiger partial charge in [-0.15, -0.1) is 0 Å². The van der Waals surface area contributed by atoms with Crippen molar-refractivity contribution < 1.29 is 9.90 Å². The highest BCUT2D eigenvalue weighted by atomic mass is 16.4. The van der Waals surface area contributed by atoms with Gasteiger partial charge in [0.15, 0.2) is 0 Å². The highest BCUT2D eigenvalue weighted by molar-refractivity contribution is 5.77. The van der Waals surface area contributed by atoms with Crippen molar-refractivity contribution in [2.75, 3.05) is 7.05 Å². The number of aliphatic carboxylic acids is 1. The smallest absolute Gasteiger partial charge is 0.323 e. The summed E-state index contributed by atoms with van der Waals surface area (Å²) >= 11 is 0. The second kappa shape index (κ2) is 4.36. The van der Waals surface area contributed by atoms with Crippen molar-refractivity contribution in [1.29, 1.82) is 0 Å². The summed E-state index contributed by atoms with van der Waals surface area (Å²) < 4.78 is 0. The lowest BCUT2D eigenvalue weighted by molar-refractivity contribution is -0.152. The number of carboxylic acid groups (broad SMARTS) is 1. The van der Waals surface area contributed by atoms with Gasteiger partial charge in [0.05, 0.1) is 0 Å². The van der Waals surface area contributed by atoms with E-state index in [2.05, 4.69) is 18.7 Å². The Morgan fingerprint density at radius 1 is 1.38 bits per heavy atom. The molecule has 0 aromatic carbocycles. The van der Waals surface area contributed by atoms with Crippen LogP contribution in [0.4, 0.5) is 0 Å². The molecule has 1 N–H and O–H groups in total. The van der Waals surface area contributed by atoms with Crippen LogP contribution in [-0.4, -0.2) is 34.6 Å². The topological polar surface area (TPSA) is 40.5 Å². The van der Waals surface area contributed by atoms with E-state index in [1.54, 1.807) is 13.8 Å². The zero-order chi connectivity index (χ0) is 12.6. The molecule has 1 unspecified atom stereocenters. The molecule has 16 heavy (non-hydrogen) atoms. The average Bonchev–Trinajstić information content (AvgIpc) is 2.15. The molecule has 1 fully saturated rings. The van der Waals surface area contributed by atoms with Gasteiger partial charge in [0, 0.05) is 6.04 Å². The first-order valence-electron chi connectivity index (χ1n) is 6.16. The van der Waals surface area contributed by atoms with Gasteiger partial charge < -0.3 is 5.11 Å². The molecule has 0 amide bonds. The first-order chi connectivity index (χ1) is 7.19. The lowest BCUT2D eigenvalue weighted by atomic mass is 9.71. The quantitative estimate of drug-likeness (QED) is 0.806. The Balaban J connectivity index is 2.87. The molecule has 0 aliphatic heterocycles. The standard InChI is InChI=1S/C13H25NO2/c1-12(2)9-7-6-8-10(12)14(5)13(3,4)11(15)16/h10H,6-9H2,1-5H3,(H,15,16). The Bertz CT molecular complexity index is 271. The molecular weight excluding hydrogens is 202 g/mol. The molecule has 1 aliphatic rings. The number of nitrogens with zero attached hydrogens (tertiary/aromatic N) is 1. The van der Waals surface area contributed by atoms with Crippen molar-refractivity contribution >= 4 is 5.97 Å². The second-order valence-electron chi connectivity index (χ2n) is 6.23. The highest BCUT2D eigenvalue weighted by Crippen LogP contribution is 2.40. The van der Waals surface area contributed by atoms with E-state index in [-0.39, 0.29) is 5.41 Å². The van der Waals surface area contributed by atoms with Gasteiger partial charge in [-0.05, 0) is 39.2 Å². The Labute approximate surface area is 98.8 Å². The zero-order valence-corrected chi connectivity index (χ0v) is 11.2. The molecule has 3 nitrogen and oxygen atoms in total. The number of likely N-dealkylation sites (N-methyl/N-ethyl adjacent to an activating group) is 1. The molecule has 0 bridgehead atoms. The molecular formula is C13H25NO2. The minimum atomic E-state index is -0.778. The largest absolute Gasteiger partial charge is 0.480 e. The Hall–Kier alpha value is -0.570. The Morgan fingerprint density at radius 3 is 2.38 bits per heavy atom. The third kappa shape index (κ3) is 2.40. The van der Waals surface area contributed by atoms with Crippen LogP contribution in [0.2, 0.25) is 0 Å². The van der Waals surface area contributed by atoms with Gasteiger partial charge in [-0.1, -0.05) is 26.7 Å². The minimum absolute atomic E-state index is 0.222. The molecule has 0 aromatic heterocycles. The monoisotopic (exact) mass is 227 g/mol. The highest BCUT2D eigenvalue weighted by Gasteiger charge is 2.43. The summed E-state index contributed by atoms with van der Waals surface area (Å²) in [6.45, 7) is 8.09. The maximum absolute atomic E-state index is 11.3. The number of carbonyl (C=O) groups is 1. The van der Waals surface area contributed by atoms with Gasteiger partial charge in [-0.3, -0.25) is 9.69 Å². The minimum Gasteiger partial charge on any atom is -0.480 e. The lowest BCUT2D eigenvalue weighted by Crippen LogP contribution is -2.57. The van der Waals surface area contributed by atoms with Gasteiger partial charge in [-0.2, -0.15) is 0 Å². The number of hydrogen-bond acceptors (Lipinski definition) is 2. The van der Waals surface area contributed by atoms with E-state index in [0.29, 0.717) is 6.04 Å². The normalized spacial score (nSPS) is 25.8. The SMILES string of the molecule is CN(C1CCCCC1(C)C)C(C)(C)C(=O)O. The molecule has 0 radical (unpaired) electrons. The van der Waals surface area contributed by atoms with E-state index < -0.39 is 11.5 Å². The summed E-state index contributed by atoms with van der Waals surface area (Å²) in [5.74, 6) is -0.739. The molecule has 0 spiro atoms. The number of rotatable bonds is 3. The van der Waals surface area contributed by atoms with Crippen molar-refractivity contribution in [2.24, 2.45) is 5.41 Å². The first-order valence-corrected chi connectivity index (χ1v) is 6.16. The molecule has 0 heterocycles. The molecule has 1 atom stereocenters. The third-order valence-electron chi connectivity index (χ3n) is 4.32. The fourth-order valence-electron chi connectivity index (χ4n) is 2.73. The van der Waals surface area contributed by atoms with E-state index >= 15 is 0 Å². The average molecular weight is 227 g/mol. The van der Waals surface area contributed by atoms with Gasteiger partial charge in [0.1, 0.15) is 5.54 Å². The summed E-state index contributed by atoms with van der Waals surface area (Å²) in [5.41, 5.74) is -0.557. The molecule has 94 valence electrons. The van der Waals surface area contributed by atoms with Crippen LogP contribution in [0, 0.1) is 5.41 Å². The maximum Gasteiger partial charge on any atom is 0.323 e. The van der Waals surface area contributed by atoms with Crippen LogP contribution >= 0.6 is 0 Å². The van der Waals surface area contributed by atoms with Crippen LogP contribution in [0.25, 0.3) is 0 Å². The predicted octanol–water partition coefficient (Wildman–Crippen LogP) is 2.75. The molecule has 3 heteroatoms. The van der Waals surface area contributed by atoms with Crippen molar-refractivity contribution in [3.8, 4) is 0 Å². The molecule has 1 saturated carbocycles. The van der Waals surface area contributed by atoms with Crippen molar-refractivity contribution in [2.45, 2.75) is 65.0 Å². The van der Waals surface area contributed by atoms with Crippen LogP contribution in [0.15, 0.2) is 0 Å². The lowest BCUT2D eigenvalue weighted by Gasteiger charge is -2.48. The van der Waals surface area contributed by atoms with E-state index in [9.17, 15) is 9.90 Å². The number of hydrogen-bond donors (Lipinski definition) is 1. The molecule has 1 aliphatic carbocycles. The molecule has 0 aromatic rings. The van der Waals surface area contributed by atoms with Crippen molar-refractivity contribution in [3.05, 3.63) is 0 Å². The predicted molar refractivity (Wildman–Crippen MR) is 65.5 cm³/mol. The van der Waals surface area contributed by atoms with Crippen LogP contribution in [0.1, 0.15) is 53.4 Å². The summed E-state index contributed by atoms with van der Waals surface area (Å²) in [6, 6.07) is 0.368. The van der Waals surface area contributed by atoms with Gasteiger partial charge >= 0.3 is 5.97 Å². The Kier molecular flexibility index (Phi) is 3.68. The maximum atomic E-state index is 11.3. The fourth-order valence-corrected chi connectivity index (χ4v) is 2.73. The van der Waals surface area contributed by atoms with E-state index in [4.69, 9.17) is 0 Å². The van der Waals surface area contributed by atoms with Crippen molar-refractivity contribution in [1.82, 2.24) is 4.90 Å². The van der Waals surface area contributed by atoms with Crippen molar-refractivity contribution in [3.63, 3.8) is 0 Å². The molecule has 1 rings (SSSR count). The van der Waals surface area contributed by atoms with E-state index in [1.807, 2.05) is 7.05 Å². The Morgan fingerprint density at radius 2 is 1.94 bits per heavy atom. The fraction of sp³-hybridized carbons (Fsp3) is 0.923.